The molecule has 0 atom stereocenters. The summed E-state index contributed by atoms with van der Waals surface area (Å²) in [6.45, 7) is 4.62. The zero-order valence-electron chi connectivity index (χ0n) is 12.0. The first kappa shape index (κ1) is 15.4. The Labute approximate surface area is 113 Å². The predicted molar refractivity (Wildman–Crippen MR) is 81.8 cm³/mol. The highest BCUT2D eigenvalue weighted by atomic mass is 32.2. The fraction of sp³-hybridized carbons (Fsp3) is 1.00. The Balaban J connectivity index is 2.09. The Morgan fingerprint density at radius 2 is 1.35 bits per heavy atom. The molecular formula is C16H32S. The number of unbranched alkanes of at least 4 members (excludes halogenated alkanes) is 6. The summed E-state index contributed by atoms with van der Waals surface area (Å²) in [5, 5.41) is 0. The van der Waals surface area contributed by atoms with Gasteiger partial charge in [-0.3, -0.25) is 0 Å². The molecule has 1 aliphatic rings. The fourth-order valence-electron chi connectivity index (χ4n) is 2.81. The van der Waals surface area contributed by atoms with Crippen molar-refractivity contribution >= 4 is 11.8 Å². The largest absolute Gasteiger partial charge is 0.161 e. The van der Waals surface area contributed by atoms with Crippen molar-refractivity contribution in [2.24, 2.45) is 11.8 Å². The van der Waals surface area contributed by atoms with Crippen LogP contribution in [0.1, 0.15) is 78.1 Å². The van der Waals surface area contributed by atoms with Gasteiger partial charge in [-0.2, -0.15) is 11.8 Å². The predicted octanol–water partition coefficient (Wildman–Crippen LogP) is 5.91. The second-order valence-electron chi connectivity index (χ2n) is 5.76. The smallest absolute Gasteiger partial charge is 0.00285 e. The first-order valence-electron chi connectivity index (χ1n) is 7.96. The molecule has 1 heteroatoms. The highest BCUT2D eigenvalue weighted by molar-refractivity contribution is 8.00. The minimum atomic E-state index is 1.07. The average Bonchev–Trinajstić information content (AvgIpc) is 2.27. The van der Waals surface area contributed by atoms with E-state index in [1.807, 2.05) is 0 Å². The third-order valence-electron chi connectivity index (χ3n) is 4.19. The third kappa shape index (κ3) is 6.74. The molecule has 0 aromatic rings. The van der Waals surface area contributed by atoms with Gasteiger partial charge in [-0.25, -0.2) is 0 Å². The van der Waals surface area contributed by atoms with Crippen molar-refractivity contribution < 1.29 is 0 Å². The summed E-state index contributed by atoms with van der Waals surface area (Å²) in [5.41, 5.74) is 0. The van der Waals surface area contributed by atoms with E-state index >= 15 is 0 Å². The number of thioether (sulfide) groups is 1. The van der Waals surface area contributed by atoms with Gasteiger partial charge in [-0.1, -0.05) is 78.1 Å². The summed E-state index contributed by atoms with van der Waals surface area (Å²) >= 11 is 2.16. The highest BCUT2D eigenvalue weighted by Crippen LogP contribution is 2.36. The standard InChI is InChI=1S/C16H32S/c1-3-5-7-9-11-15(16-13-17-14-16)12-10-8-6-4-2/h15-16H,3-14H2,1-2H3. The Kier molecular flexibility index (Phi) is 9.33. The molecule has 0 saturated carbocycles. The van der Waals surface area contributed by atoms with Gasteiger partial charge in [0.1, 0.15) is 0 Å². The van der Waals surface area contributed by atoms with Crippen molar-refractivity contribution in [1.82, 2.24) is 0 Å². The van der Waals surface area contributed by atoms with E-state index in [0.717, 1.165) is 11.8 Å². The van der Waals surface area contributed by atoms with Gasteiger partial charge in [-0.05, 0) is 23.3 Å². The van der Waals surface area contributed by atoms with Crippen LogP contribution in [0.3, 0.4) is 0 Å². The first-order valence-corrected chi connectivity index (χ1v) is 9.11. The van der Waals surface area contributed by atoms with Crippen LogP contribution < -0.4 is 0 Å². The van der Waals surface area contributed by atoms with Crippen molar-refractivity contribution in [1.29, 1.82) is 0 Å². The second-order valence-corrected chi connectivity index (χ2v) is 6.83. The number of hydrogen-bond acceptors (Lipinski definition) is 1. The van der Waals surface area contributed by atoms with E-state index in [-0.39, 0.29) is 0 Å². The molecule has 1 fully saturated rings. The Hall–Kier alpha value is 0.350. The van der Waals surface area contributed by atoms with Crippen LogP contribution in [0.2, 0.25) is 0 Å². The van der Waals surface area contributed by atoms with Gasteiger partial charge in [-0.15, -0.1) is 0 Å². The number of hydrogen-bond donors (Lipinski definition) is 0. The van der Waals surface area contributed by atoms with Crippen LogP contribution in [0.15, 0.2) is 0 Å². The van der Waals surface area contributed by atoms with Gasteiger partial charge in [0, 0.05) is 0 Å². The van der Waals surface area contributed by atoms with Gasteiger partial charge >= 0.3 is 0 Å². The monoisotopic (exact) mass is 256 g/mol. The van der Waals surface area contributed by atoms with Crippen molar-refractivity contribution in [3.05, 3.63) is 0 Å². The van der Waals surface area contributed by atoms with Crippen molar-refractivity contribution in [2.45, 2.75) is 78.1 Å². The molecule has 1 heterocycles. The molecule has 0 amide bonds. The summed E-state index contributed by atoms with van der Waals surface area (Å²) in [6, 6.07) is 0. The van der Waals surface area contributed by atoms with E-state index in [1.54, 1.807) is 0 Å². The summed E-state index contributed by atoms with van der Waals surface area (Å²) in [4.78, 5) is 0. The summed E-state index contributed by atoms with van der Waals surface area (Å²) in [6.07, 6.45) is 14.6. The molecule has 1 rings (SSSR count). The van der Waals surface area contributed by atoms with Crippen LogP contribution in [-0.2, 0) is 0 Å². The normalized spacial score (nSPS) is 16.4. The number of rotatable bonds is 11. The lowest BCUT2D eigenvalue weighted by Crippen LogP contribution is -2.27. The molecule has 0 aliphatic carbocycles. The third-order valence-corrected chi connectivity index (χ3v) is 5.52. The molecule has 1 saturated heterocycles. The van der Waals surface area contributed by atoms with E-state index in [1.165, 1.54) is 75.7 Å². The van der Waals surface area contributed by atoms with Crippen molar-refractivity contribution in [2.75, 3.05) is 11.5 Å². The molecule has 0 N–H and O–H groups in total. The van der Waals surface area contributed by atoms with Crippen molar-refractivity contribution in [3.63, 3.8) is 0 Å². The molecule has 102 valence electrons. The van der Waals surface area contributed by atoms with Crippen molar-refractivity contribution in [3.8, 4) is 0 Å². The van der Waals surface area contributed by atoms with Gasteiger partial charge in [0.2, 0.25) is 0 Å². The SMILES string of the molecule is CCCCCCC(CCCCCC)C1CSC1. The summed E-state index contributed by atoms with van der Waals surface area (Å²) in [7, 11) is 0. The molecule has 1 aliphatic heterocycles. The Bertz CT molecular complexity index is 151. The molecule has 0 aromatic heterocycles. The maximum atomic E-state index is 2.31. The molecule has 17 heavy (non-hydrogen) atoms. The van der Waals surface area contributed by atoms with Gasteiger partial charge < -0.3 is 0 Å². The topological polar surface area (TPSA) is 0 Å². The summed E-state index contributed by atoms with van der Waals surface area (Å²) < 4.78 is 0. The van der Waals surface area contributed by atoms with Gasteiger partial charge in [0.05, 0.1) is 0 Å². The fourth-order valence-corrected chi connectivity index (χ4v) is 3.86. The van der Waals surface area contributed by atoms with Gasteiger partial charge in [0.15, 0.2) is 0 Å². The molecule has 0 nitrogen and oxygen atoms in total. The Morgan fingerprint density at radius 1 is 0.824 bits per heavy atom. The molecule has 0 spiro atoms. The van der Waals surface area contributed by atoms with E-state index in [2.05, 4.69) is 25.6 Å². The van der Waals surface area contributed by atoms with Crippen LogP contribution in [0, 0.1) is 11.8 Å². The lowest BCUT2D eigenvalue weighted by atomic mass is 9.85. The lowest BCUT2D eigenvalue weighted by molar-refractivity contribution is 0.311. The first-order chi connectivity index (χ1) is 8.38. The zero-order chi connectivity index (χ0) is 12.3. The van der Waals surface area contributed by atoms with Gasteiger partial charge in [0.25, 0.3) is 0 Å². The highest BCUT2D eigenvalue weighted by Gasteiger charge is 2.26. The zero-order valence-corrected chi connectivity index (χ0v) is 12.9. The molecule has 0 bridgehead atoms. The molecule has 0 radical (unpaired) electrons. The van der Waals surface area contributed by atoms with E-state index in [0.29, 0.717) is 0 Å². The maximum Gasteiger partial charge on any atom is -0.00285 e. The van der Waals surface area contributed by atoms with Crippen LogP contribution in [-0.4, -0.2) is 11.5 Å². The second kappa shape index (κ2) is 10.3. The van der Waals surface area contributed by atoms with Crippen LogP contribution in [0.5, 0.6) is 0 Å². The van der Waals surface area contributed by atoms with E-state index in [9.17, 15) is 0 Å². The molecular weight excluding hydrogens is 224 g/mol. The maximum absolute atomic E-state index is 2.31. The van der Waals surface area contributed by atoms with Crippen LogP contribution in [0.25, 0.3) is 0 Å². The Morgan fingerprint density at radius 3 is 1.71 bits per heavy atom. The lowest BCUT2D eigenvalue weighted by Gasteiger charge is -2.33. The minimum absolute atomic E-state index is 1.07. The summed E-state index contributed by atoms with van der Waals surface area (Å²) in [5.74, 6) is 5.09. The quantitative estimate of drug-likeness (QED) is 0.414. The minimum Gasteiger partial charge on any atom is -0.161 e. The van der Waals surface area contributed by atoms with Crippen LogP contribution in [0.4, 0.5) is 0 Å². The average molecular weight is 256 g/mol. The van der Waals surface area contributed by atoms with E-state index in [4.69, 9.17) is 0 Å². The molecule has 0 aromatic carbocycles. The van der Waals surface area contributed by atoms with E-state index < -0.39 is 0 Å². The molecule has 0 unspecified atom stereocenters. The van der Waals surface area contributed by atoms with Crippen LogP contribution >= 0.6 is 11.8 Å².